The summed E-state index contributed by atoms with van der Waals surface area (Å²) in [6, 6.07) is 25.6. The van der Waals surface area contributed by atoms with Crippen LogP contribution >= 0.6 is 23.4 Å². The molecule has 0 bridgehead atoms. The summed E-state index contributed by atoms with van der Waals surface area (Å²) in [6.07, 6.45) is 0. The van der Waals surface area contributed by atoms with Crippen LogP contribution in [-0.4, -0.2) is 24.8 Å². The molecule has 0 aliphatic carbocycles. The Morgan fingerprint density at radius 2 is 1.50 bits per heavy atom. The molecule has 1 aliphatic heterocycles. The Morgan fingerprint density at radius 3 is 2.15 bits per heavy atom. The van der Waals surface area contributed by atoms with Crippen molar-refractivity contribution in [3.05, 3.63) is 124 Å². The van der Waals surface area contributed by atoms with Crippen molar-refractivity contribution in [2.24, 2.45) is 0 Å². The van der Waals surface area contributed by atoms with Crippen molar-refractivity contribution >= 4 is 58.1 Å². The molecule has 7 nitrogen and oxygen atoms in total. The Morgan fingerprint density at radius 1 is 0.850 bits per heavy atom. The Labute approximate surface area is 238 Å². The van der Waals surface area contributed by atoms with Crippen molar-refractivity contribution < 1.29 is 23.5 Å². The highest BCUT2D eigenvalue weighted by Crippen LogP contribution is 2.38. The summed E-state index contributed by atoms with van der Waals surface area (Å²) in [7, 11) is 1.52. The van der Waals surface area contributed by atoms with Crippen LogP contribution in [0.1, 0.15) is 10.4 Å². The lowest BCUT2D eigenvalue weighted by molar-refractivity contribution is -0.120. The number of rotatable bonds is 8. The minimum Gasteiger partial charge on any atom is -0.497 e. The fourth-order valence-corrected chi connectivity index (χ4v) is 5.07. The van der Waals surface area contributed by atoms with Crippen LogP contribution in [0.25, 0.3) is 0 Å². The number of carbonyl (C=O) groups excluding carboxylic acids is 3. The second-order valence-electron chi connectivity index (χ2n) is 8.54. The van der Waals surface area contributed by atoms with E-state index in [0.717, 1.165) is 16.7 Å². The van der Waals surface area contributed by atoms with E-state index in [1.165, 1.54) is 31.4 Å². The maximum atomic E-state index is 13.6. The number of nitrogens with zero attached hydrogens (tertiary/aromatic N) is 1. The van der Waals surface area contributed by atoms with Crippen molar-refractivity contribution in [1.29, 1.82) is 0 Å². The number of thioether (sulfide) groups is 1. The Kier molecular flexibility index (Phi) is 7.86. The van der Waals surface area contributed by atoms with Gasteiger partial charge in [0, 0.05) is 16.3 Å². The summed E-state index contributed by atoms with van der Waals surface area (Å²) in [4.78, 5) is 41.5. The minimum atomic E-state index is -0.550. The molecular formula is C30H21ClFN3O4S. The third kappa shape index (κ3) is 5.70. The van der Waals surface area contributed by atoms with E-state index < -0.39 is 17.6 Å². The van der Waals surface area contributed by atoms with Gasteiger partial charge >= 0.3 is 0 Å². The van der Waals surface area contributed by atoms with Gasteiger partial charge < -0.3 is 15.4 Å². The summed E-state index contributed by atoms with van der Waals surface area (Å²) >= 11 is 7.22. The van der Waals surface area contributed by atoms with Gasteiger partial charge in [0.1, 0.15) is 22.2 Å². The van der Waals surface area contributed by atoms with Crippen LogP contribution in [0.5, 0.6) is 5.75 Å². The van der Waals surface area contributed by atoms with E-state index in [-0.39, 0.29) is 16.5 Å². The molecule has 0 aromatic heterocycles. The quantitative estimate of drug-likeness (QED) is 0.227. The highest BCUT2D eigenvalue weighted by Gasteiger charge is 2.40. The normalized spacial score (nSPS) is 13.0. The number of nitrogens with one attached hydrogen (secondary N) is 2. The zero-order chi connectivity index (χ0) is 28.2. The van der Waals surface area contributed by atoms with Gasteiger partial charge in [-0.05, 0) is 84.9 Å². The second kappa shape index (κ2) is 11.6. The molecule has 0 saturated carbocycles. The van der Waals surface area contributed by atoms with Gasteiger partial charge in [0.05, 0.1) is 23.4 Å². The molecule has 10 heteroatoms. The van der Waals surface area contributed by atoms with E-state index in [4.69, 9.17) is 16.3 Å². The first-order valence-corrected chi connectivity index (χ1v) is 13.2. The van der Waals surface area contributed by atoms with Crippen molar-refractivity contribution in [3.8, 4) is 5.75 Å². The fourth-order valence-electron chi connectivity index (χ4n) is 3.93. The lowest BCUT2D eigenvalue weighted by Crippen LogP contribution is -2.32. The third-order valence-electron chi connectivity index (χ3n) is 5.94. The first-order valence-electron chi connectivity index (χ1n) is 12.0. The summed E-state index contributed by atoms with van der Waals surface area (Å²) in [5.74, 6) is -1.26. The summed E-state index contributed by atoms with van der Waals surface area (Å²) < 4.78 is 18.6. The van der Waals surface area contributed by atoms with E-state index in [1.807, 2.05) is 0 Å². The number of hydrogen-bond acceptors (Lipinski definition) is 6. The van der Waals surface area contributed by atoms with Crippen molar-refractivity contribution in [2.75, 3.05) is 22.6 Å². The Bertz CT molecular complexity index is 1620. The first kappa shape index (κ1) is 27.0. The van der Waals surface area contributed by atoms with E-state index in [0.29, 0.717) is 38.3 Å². The fraction of sp³-hybridized carbons (Fsp3) is 0.0333. The predicted octanol–water partition coefficient (Wildman–Crippen LogP) is 6.73. The molecule has 40 heavy (non-hydrogen) atoms. The van der Waals surface area contributed by atoms with Crippen LogP contribution in [0.3, 0.4) is 0 Å². The smallest absolute Gasteiger partial charge is 0.283 e. The van der Waals surface area contributed by atoms with E-state index >= 15 is 0 Å². The van der Waals surface area contributed by atoms with Gasteiger partial charge in [-0.1, -0.05) is 35.5 Å². The van der Waals surface area contributed by atoms with Crippen LogP contribution in [0.15, 0.2) is 113 Å². The summed E-state index contributed by atoms with van der Waals surface area (Å²) in [5, 5.41) is 6.12. The predicted molar refractivity (Wildman–Crippen MR) is 154 cm³/mol. The topological polar surface area (TPSA) is 87.7 Å². The maximum absolute atomic E-state index is 13.6. The molecule has 4 aromatic rings. The molecule has 0 radical (unpaired) electrons. The van der Waals surface area contributed by atoms with Crippen LogP contribution < -0.4 is 20.3 Å². The average molecular weight is 574 g/mol. The number of halogens is 2. The number of anilines is 3. The van der Waals surface area contributed by atoms with Crippen LogP contribution in [0.2, 0.25) is 5.02 Å². The summed E-state index contributed by atoms with van der Waals surface area (Å²) in [5.41, 5.74) is 1.76. The van der Waals surface area contributed by atoms with Crippen molar-refractivity contribution in [3.63, 3.8) is 0 Å². The average Bonchev–Trinajstić information content (AvgIpc) is 3.19. The maximum Gasteiger partial charge on any atom is 0.283 e. The molecule has 0 atom stereocenters. The largest absolute Gasteiger partial charge is 0.497 e. The molecule has 0 saturated heterocycles. The molecule has 2 N–H and O–H groups in total. The van der Waals surface area contributed by atoms with Gasteiger partial charge in [0.15, 0.2) is 0 Å². The summed E-state index contributed by atoms with van der Waals surface area (Å²) in [6.45, 7) is 0. The zero-order valence-electron chi connectivity index (χ0n) is 21.0. The minimum absolute atomic E-state index is 0.0634. The Hall–Kier alpha value is -4.60. The molecule has 0 unspecified atom stereocenters. The molecule has 5 rings (SSSR count). The number of benzene rings is 4. The van der Waals surface area contributed by atoms with Crippen LogP contribution in [-0.2, 0) is 9.59 Å². The van der Waals surface area contributed by atoms with E-state index in [2.05, 4.69) is 10.6 Å². The van der Waals surface area contributed by atoms with Gasteiger partial charge in [-0.15, -0.1) is 0 Å². The van der Waals surface area contributed by atoms with Gasteiger partial charge in [0.25, 0.3) is 17.7 Å². The molecule has 1 aliphatic rings. The standard InChI is InChI=1S/C30H21ClFN3O4S/c1-39-22-14-12-21(13-15-22)35-29(37)26(33-19-8-6-18(32)7-9-19)27(30(35)38)40-23-16-10-20(11-17-23)34-28(36)24-4-2-3-5-25(24)31/h2-17,33H,1H3,(H,34,36). The monoisotopic (exact) mass is 573 g/mol. The highest BCUT2D eigenvalue weighted by atomic mass is 35.5. The molecular weight excluding hydrogens is 553 g/mol. The number of imide groups is 1. The van der Waals surface area contributed by atoms with Gasteiger partial charge in [-0.25, -0.2) is 9.29 Å². The van der Waals surface area contributed by atoms with E-state index in [9.17, 15) is 18.8 Å². The van der Waals surface area contributed by atoms with Crippen molar-refractivity contribution in [1.82, 2.24) is 0 Å². The van der Waals surface area contributed by atoms with E-state index in [1.54, 1.807) is 72.8 Å². The lowest BCUT2D eigenvalue weighted by Gasteiger charge is -2.15. The van der Waals surface area contributed by atoms with Crippen LogP contribution in [0, 0.1) is 5.82 Å². The number of hydrogen-bond donors (Lipinski definition) is 2. The molecule has 4 aromatic carbocycles. The molecule has 1 heterocycles. The van der Waals surface area contributed by atoms with Crippen molar-refractivity contribution in [2.45, 2.75) is 4.90 Å². The number of carbonyl (C=O) groups is 3. The number of ether oxygens (including phenoxy) is 1. The molecule has 3 amide bonds. The number of methoxy groups -OCH3 is 1. The van der Waals surface area contributed by atoms with Gasteiger partial charge in [0.2, 0.25) is 0 Å². The molecule has 0 spiro atoms. The third-order valence-corrected chi connectivity index (χ3v) is 7.36. The second-order valence-corrected chi connectivity index (χ2v) is 10.0. The van der Waals surface area contributed by atoms with Gasteiger partial charge in [-0.2, -0.15) is 0 Å². The highest BCUT2D eigenvalue weighted by molar-refractivity contribution is 8.04. The van der Waals surface area contributed by atoms with Gasteiger partial charge in [-0.3, -0.25) is 14.4 Å². The molecule has 200 valence electrons. The lowest BCUT2D eigenvalue weighted by atomic mass is 10.2. The SMILES string of the molecule is COc1ccc(N2C(=O)C(Nc3ccc(F)cc3)=C(Sc3ccc(NC(=O)c4ccccc4Cl)cc3)C2=O)cc1. The molecule has 0 fully saturated rings. The Balaban J connectivity index is 1.41. The zero-order valence-corrected chi connectivity index (χ0v) is 22.6. The van der Waals surface area contributed by atoms with Crippen LogP contribution in [0.4, 0.5) is 21.5 Å². The number of amides is 3. The first-order chi connectivity index (χ1) is 19.3.